The van der Waals surface area contributed by atoms with Crippen LogP contribution in [-0.4, -0.2) is 10.6 Å². The monoisotopic (exact) mass is 300 g/mol. The van der Waals surface area contributed by atoms with Crippen LogP contribution in [-0.2, 0) is 0 Å². The predicted octanol–water partition coefficient (Wildman–Crippen LogP) is 5.22. The van der Waals surface area contributed by atoms with Crippen molar-refractivity contribution in [2.24, 2.45) is 11.8 Å². The SMILES string of the molecule is CC(C)C(CCSc1ccccc1)C(C)Br. The summed E-state index contributed by atoms with van der Waals surface area (Å²) in [4.78, 5) is 2.00. The quantitative estimate of drug-likeness (QED) is 0.512. The fourth-order valence-corrected chi connectivity index (χ4v) is 3.77. The summed E-state index contributed by atoms with van der Waals surface area (Å²) in [5, 5.41) is 0. The van der Waals surface area contributed by atoms with E-state index in [-0.39, 0.29) is 0 Å². The summed E-state index contributed by atoms with van der Waals surface area (Å²) in [7, 11) is 0. The predicted molar refractivity (Wildman–Crippen MR) is 78.5 cm³/mol. The van der Waals surface area contributed by atoms with E-state index in [1.807, 2.05) is 11.8 Å². The van der Waals surface area contributed by atoms with Crippen molar-refractivity contribution in [1.29, 1.82) is 0 Å². The van der Waals surface area contributed by atoms with Crippen LogP contribution in [0.3, 0.4) is 0 Å². The fourth-order valence-electron chi connectivity index (χ4n) is 1.92. The van der Waals surface area contributed by atoms with Gasteiger partial charge in [0.05, 0.1) is 0 Å². The number of benzene rings is 1. The summed E-state index contributed by atoms with van der Waals surface area (Å²) >= 11 is 5.68. The van der Waals surface area contributed by atoms with Gasteiger partial charge in [0.15, 0.2) is 0 Å². The van der Waals surface area contributed by atoms with Gasteiger partial charge in [-0.1, -0.05) is 54.9 Å². The third kappa shape index (κ3) is 4.92. The molecule has 0 amide bonds. The van der Waals surface area contributed by atoms with Crippen molar-refractivity contribution in [2.75, 3.05) is 5.75 Å². The second-order valence-electron chi connectivity index (χ2n) is 4.54. The van der Waals surface area contributed by atoms with Crippen molar-refractivity contribution in [3.63, 3.8) is 0 Å². The first-order valence-electron chi connectivity index (χ1n) is 5.93. The van der Waals surface area contributed by atoms with Crippen molar-refractivity contribution in [3.05, 3.63) is 30.3 Å². The molecule has 0 N–H and O–H groups in total. The molecule has 90 valence electrons. The molecule has 0 saturated heterocycles. The molecule has 0 nitrogen and oxygen atoms in total. The molecule has 0 aliphatic heterocycles. The number of alkyl halides is 1. The lowest BCUT2D eigenvalue weighted by molar-refractivity contribution is 0.377. The smallest absolute Gasteiger partial charge is 0.0148 e. The van der Waals surface area contributed by atoms with Crippen LogP contribution < -0.4 is 0 Å². The topological polar surface area (TPSA) is 0 Å². The normalized spacial score (nSPS) is 15.1. The lowest BCUT2D eigenvalue weighted by Gasteiger charge is -2.23. The number of hydrogen-bond donors (Lipinski definition) is 0. The second kappa shape index (κ2) is 7.39. The largest absolute Gasteiger partial charge is 0.126 e. The highest BCUT2D eigenvalue weighted by atomic mass is 79.9. The first-order chi connectivity index (χ1) is 7.61. The van der Waals surface area contributed by atoms with Crippen LogP contribution in [0.1, 0.15) is 27.2 Å². The zero-order valence-corrected chi connectivity index (χ0v) is 12.7. The number of hydrogen-bond acceptors (Lipinski definition) is 1. The highest BCUT2D eigenvalue weighted by Gasteiger charge is 2.18. The Bertz CT molecular complexity index is 274. The van der Waals surface area contributed by atoms with Gasteiger partial charge in [-0.15, -0.1) is 11.8 Å². The van der Waals surface area contributed by atoms with Gasteiger partial charge in [-0.2, -0.15) is 0 Å². The third-order valence-corrected chi connectivity index (χ3v) is 4.63. The van der Waals surface area contributed by atoms with Crippen LogP contribution in [0.5, 0.6) is 0 Å². The van der Waals surface area contributed by atoms with E-state index in [1.165, 1.54) is 17.1 Å². The van der Waals surface area contributed by atoms with Crippen LogP contribution in [0.15, 0.2) is 35.2 Å². The average molecular weight is 301 g/mol. The van der Waals surface area contributed by atoms with Crippen molar-refractivity contribution >= 4 is 27.7 Å². The lowest BCUT2D eigenvalue weighted by atomic mass is 9.91. The summed E-state index contributed by atoms with van der Waals surface area (Å²) in [6, 6.07) is 10.7. The second-order valence-corrected chi connectivity index (χ2v) is 7.15. The number of halogens is 1. The molecule has 0 heterocycles. The first-order valence-corrected chi connectivity index (χ1v) is 7.83. The van der Waals surface area contributed by atoms with Gasteiger partial charge < -0.3 is 0 Å². The standard InChI is InChI=1S/C14H21BrS/c1-11(2)14(12(3)15)9-10-16-13-7-5-4-6-8-13/h4-8,11-12,14H,9-10H2,1-3H3. The van der Waals surface area contributed by atoms with E-state index in [1.54, 1.807) is 0 Å². The van der Waals surface area contributed by atoms with E-state index in [9.17, 15) is 0 Å². The molecule has 2 heteroatoms. The Labute approximate surface area is 112 Å². The van der Waals surface area contributed by atoms with Crippen LogP contribution in [0, 0.1) is 11.8 Å². The van der Waals surface area contributed by atoms with E-state index >= 15 is 0 Å². The first kappa shape index (κ1) is 14.1. The maximum atomic E-state index is 3.72. The number of rotatable bonds is 6. The zero-order chi connectivity index (χ0) is 12.0. The molecule has 1 rings (SSSR count). The molecular weight excluding hydrogens is 280 g/mol. The molecule has 0 aliphatic carbocycles. The average Bonchev–Trinajstić information content (AvgIpc) is 2.24. The van der Waals surface area contributed by atoms with Crippen LogP contribution in [0.2, 0.25) is 0 Å². The number of thioether (sulfide) groups is 1. The Morgan fingerprint density at radius 1 is 1.12 bits per heavy atom. The third-order valence-electron chi connectivity index (χ3n) is 2.91. The maximum Gasteiger partial charge on any atom is 0.0148 e. The molecular formula is C14H21BrS. The van der Waals surface area contributed by atoms with E-state index in [4.69, 9.17) is 0 Å². The van der Waals surface area contributed by atoms with Crippen LogP contribution in [0.25, 0.3) is 0 Å². The minimum absolute atomic E-state index is 0.615. The van der Waals surface area contributed by atoms with Crippen LogP contribution in [0.4, 0.5) is 0 Å². The fraction of sp³-hybridized carbons (Fsp3) is 0.571. The molecule has 0 fully saturated rings. The Kier molecular flexibility index (Phi) is 6.52. The minimum Gasteiger partial charge on any atom is -0.126 e. The van der Waals surface area contributed by atoms with Crippen molar-refractivity contribution < 1.29 is 0 Å². The maximum absolute atomic E-state index is 3.72. The van der Waals surface area contributed by atoms with Gasteiger partial charge >= 0.3 is 0 Å². The summed E-state index contributed by atoms with van der Waals surface area (Å²) in [6.07, 6.45) is 1.28. The minimum atomic E-state index is 0.615. The summed E-state index contributed by atoms with van der Waals surface area (Å²) < 4.78 is 0. The molecule has 1 aromatic carbocycles. The highest BCUT2D eigenvalue weighted by Crippen LogP contribution is 2.28. The lowest BCUT2D eigenvalue weighted by Crippen LogP contribution is -2.18. The molecule has 0 saturated carbocycles. The van der Waals surface area contributed by atoms with Gasteiger partial charge in [-0.05, 0) is 36.1 Å². The molecule has 16 heavy (non-hydrogen) atoms. The summed E-state index contributed by atoms with van der Waals surface area (Å²) in [5.74, 6) is 2.74. The summed E-state index contributed by atoms with van der Waals surface area (Å²) in [5.41, 5.74) is 0. The van der Waals surface area contributed by atoms with Crippen molar-refractivity contribution in [2.45, 2.75) is 36.9 Å². The Balaban J connectivity index is 2.34. The molecule has 0 spiro atoms. The van der Waals surface area contributed by atoms with E-state index in [0.29, 0.717) is 4.83 Å². The molecule has 1 aromatic rings. The molecule has 0 aliphatic rings. The van der Waals surface area contributed by atoms with E-state index in [0.717, 1.165) is 11.8 Å². The van der Waals surface area contributed by atoms with Crippen molar-refractivity contribution in [3.8, 4) is 0 Å². The van der Waals surface area contributed by atoms with Crippen LogP contribution >= 0.6 is 27.7 Å². The van der Waals surface area contributed by atoms with Gasteiger partial charge in [0.25, 0.3) is 0 Å². The van der Waals surface area contributed by atoms with Crippen molar-refractivity contribution in [1.82, 2.24) is 0 Å². The Morgan fingerprint density at radius 3 is 2.25 bits per heavy atom. The molecule has 2 atom stereocenters. The van der Waals surface area contributed by atoms with Gasteiger partial charge in [-0.3, -0.25) is 0 Å². The Hall–Kier alpha value is 0.0500. The summed E-state index contributed by atoms with van der Waals surface area (Å²) in [6.45, 7) is 6.89. The van der Waals surface area contributed by atoms with Gasteiger partial charge in [0, 0.05) is 9.72 Å². The Morgan fingerprint density at radius 2 is 1.75 bits per heavy atom. The molecule has 0 aromatic heterocycles. The molecule has 0 radical (unpaired) electrons. The van der Waals surface area contributed by atoms with Gasteiger partial charge in [-0.25, -0.2) is 0 Å². The molecule has 0 bridgehead atoms. The molecule has 2 unspecified atom stereocenters. The van der Waals surface area contributed by atoms with Gasteiger partial charge in [0.1, 0.15) is 0 Å². The van der Waals surface area contributed by atoms with E-state index < -0.39 is 0 Å². The highest BCUT2D eigenvalue weighted by molar-refractivity contribution is 9.09. The van der Waals surface area contributed by atoms with E-state index in [2.05, 4.69) is 67.0 Å². The van der Waals surface area contributed by atoms with Gasteiger partial charge in [0.2, 0.25) is 0 Å². The zero-order valence-electron chi connectivity index (χ0n) is 10.3.